The van der Waals surface area contributed by atoms with E-state index in [1.807, 2.05) is 0 Å². The van der Waals surface area contributed by atoms with E-state index in [2.05, 4.69) is 20.3 Å². The maximum Gasteiger partial charge on any atom is 0.322 e. The Morgan fingerprint density at radius 3 is 2.57 bits per heavy atom. The molecular formula is C21H16FN5O3. The van der Waals surface area contributed by atoms with Gasteiger partial charge >= 0.3 is 6.01 Å². The van der Waals surface area contributed by atoms with E-state index in [9.17, 15) is 14.0 Å². The van der Waals surface area contributed by atoms with Crippen molar-refractivity contribution in [3.63, 3.8) is 0 Å². The summed E-state index contributed by atoms with van der Waals surface area (Å²) in [4.78, 5) is 36.8. The van der Waals surface area contributed by atoms with Crippen molar-refractivity contribution in [2.75, 3.05) is 5.32 Å². The van der Waals surface area contributed by atoms with Crippen molar-refractivity contribution in [1.29, 1.82) is 0 Å². The van der Waals surface area contributed by atoms with Gasteiger partial charge in [-0.2, -0.15) is 0 Å². The second-order valence-electron chi connectivity index (χ2n) is 6.35. The van der Waals surface area contributed by atoms with Crippen LogP contribution in [0.2, 0.25) is 0 Å². The number of nitrogens with one attached hydrogen (secondary N) is 1. The van der Waals surface area contributed by atoms with Crippen LogP contribution in [0.15, 0.2) is 72.0 Å². The topological polar surface area (TPSA) is 99.0 Å². The normalized spacial score (nSPS) is 10.7. The molecule has 4 rings (SSSR count). The molecule has 0 spiro atoms. The Bertz CT molecular complexity index is 1260. The van der Waals surface area contributed by atoms with Crippen molar-refractivity contribution in [2.24, 2.45) is 0 Å². The van der Waals surface area contributed by atoms with Crippen molar-refractivity contribution in [2.45, 2.75) is 13.0 Å². The lowest BCUT2D eigenvalue weighted by molar-refractivity contribution is -0.116. The molecule has 0 aliphatic rings. The van der Waals surface area contributed by atoms with Gasteiger partial charge in [-0.25, -0.2) is 19.3 Å². The molecule has 0 aliphatic heterocycles. The number of ether oxygens (including phenoxy) is 1. The number of nitrogens with zero attached hydrogens (tertiary/aromatic N) is 4. The van der Waals surface area contributed by atoms with E-state index in [0.29, 0.717) is 16.6 Å². The SMILES string of the molecule is O=C(CCn1cnc2ccccc2c1=O)Nc1cnc(Oc2ccccc2F)nc1. The Morgan fingerprint density at radius 2 is 1.77 bits per heavy atom. The number of benzene rings is 2. The van der Waals surface area contributed by atoms with Crippen LogP contribution in [-0.2, 0) is 11.3 Å². The second-order valence-corrected chi connectivity index (χ2v) is 6.35. The third kappa shape index (κ3) is 4.30. The molecule has 2 aromatic carbocycles. The summed E-state index contributed by atoms with van der Waals surface area (Å²) in [5.74, 6) is -0.845. The summed E-state index contributed by atoms with van der Waals surface area (Å²) in [6.07, 6.45) is 4.19. The van der Waals surface area contributed by atoms with Gasteiger partial charge in [0.1, 0.15) is 0 Å². The monoisotopic (exact) mass is 405 g/mol. The molecule has 1 N–H and O–H groups in total. The van der Waals surface area contributed by atoms with Crippen LogP contribution in [-0.4, -0.2) is 25.4 Å². The number of amides is 1. The maximum absolute atomic E-state index is 13.6. The van der Waals surface area contributed by atoms with Gasteiger partial charge in [-0.1, -0.05) is 24.3 Å². The van der Waals surface area contributed by atoms with Gasteiger partial charge in [0.25, 0.3) is 5.56 Å². The molecule has 0 saturated carbocycles. The molecule has 0 atom stereocenters. The van der Waals surface area contributed by atoms with E-state index in [-0.39, 0.29) is 36.2 Å². The van der Waals surface area contributed by atoms with Crippen LogP contribution in [0.4, 0.5) is 10.1 Å². The molecule has 0 fully saturated rings. The van der Waals surface area contributed by atoms with Gasteiger partial charge < -0.3 is 10.1 Å². The van der Waals surface area contributed by atoms with E-state index >= 15 is 0 Å². The van der Waals surface area contributed by atoms with E-state index in [4.69, 9.17) is 4.74 Å². The van der Waals surface area contributed by atoms with E-state index < -0.39 is 5.82 Å². The molecule has 4 aromatic rings. The van der Waals surface area contributed by atoms with Gasteiger partial charge in [-0.3, -0.25) is 14.2 Å². The second kappa shape index (κ2) is 8.48. The quantitative estimate of drug-likeness (QED) is 0.529. The highest BCUT2D eigenvalue weighted by atomic mass is 19.1. The number of aryl methyl sites for hydroxylation is 1. The van der Waals surface area contributed by atoms with Crippen molar-refractivity contribution in [1.82, 2.24) is 19.5 Å². The molecule has 0 bridgehead atoms. The Labute approximate surface area is 170 Å². The molecule has 0 saturated heterocycles. The lowest BCUT2D eigenvalue weighted by Crippen LogP contribution is -2.23. The van der Waals surface area contributed by atoms with Crippen LogP contribution in [0.25, 0.3) is 10.9 Å². The van der Waals surface area contributed by atoms with Crippen molar-refractivity contribution < 1.29 is 13.9 Å². The molecule has 0 aliphatic carbocycles. The third-order valence-corrected chi connectivity index (χ3v) is 4.26. The molecule has 0 unspecified atom stereocenters. The average Bonchev–Trinajstić information content (AvgIpc) is 2.76. The summed E-state index contributed by atoms with van der Waals surface area (Å²) < 4.78 is 20.3. The highest BCUT2D eigenvalue weighted by Gasteiger charge is 2.09. The fraction of sp³-hybridized carbons (Fsp3) is 0.0952. The van der Waals surface area contributed by atoms with Gasteiger partial charge in [-0.05, 0) is 24.3 Å². The van der Waals surface area contributed by atoms with Crippen LogP contribution in [0.3, 0.4) is 0 Å². The first-order chi connectivity index (χ1) is 14.6. The number of para-hydroxylation sites is 2. The van der Waals surface area contributed by atoms with Crippen LogP contribution in [0, 0.1) is 5.82 Å². The van der Waals surface area contributed by atoms with Gasteiger partial charge in [-0.15, -0.1) is 0 Å². The molecule has 9 heteroatoms. The molecule has 0 radical (unpaired) electrons. The number of anilines is 1. The molecule has 150 valence electrons. The zero-order valence-corrected chi connectivity index (χ0v) is 15.7. The molecule has 8 nitrogen and oxygen atoms in total. The summed E-state index contributed by atoms with van der Waals surface area (Å²) in [5, 5.41) is 3.14. The van der Waals surface area contributed by atoms with Crippen molar-refractivity contribution in [3.05, 3.63) is 83.4 Å². The van der Waals surface area contributed by atoms with Crippen molar-refractivity contribution in [3.8, 4) is 11.8 Å². The van der Waals surface area contributed by atoms with Gasteiger partial charge in [0, 0.05) is 13.0 Å². The van der Waals surface area contributed by atoms with Crippen LogP contribution < -0.4 is 15.6 Å². The lowest BCUT2D eigenvalue weighted by Gasteiger charge is -2.08. The average molecular weight is 405 g/mol. The number of carbonyl (C=O) groups excluding carboxylic acids is 1. The third-order valence-electron chi connectivity index (χ3n) is 4.26. The fourth-order valence-corrected chi connectivity index (χ4v) is 2.77. The molecule has 2 heterocycles. The Kier molecular flexibility index (Phi) is 5.42. The number of hydrogen-bond donors (Lipinski definition) is 1. The van der Waals surface area contributed by atoms with Crippen LogP contribution in [0.1, 0.15) is 6.42 Å². The molecular weight excluding hydrogens is 389 g/mol. The zero-order chi connectivity index (χ0) is 20.9. The zero-order valence-electron chi connectivity index (χ0n) is 15.7. The standard InChI is InChI=1S/C21H16FN5O3/c22-16-6-2-4-8-18(16)30-21-23-11-14(12-24-21)26-19(28)9-10-27-13-25-17-7-3-1-5-15(17)20(27)29/h1-8,11-13H,9-10H2,(H,26,28). The molecule has 1 amide bonds. The number of carbonyl (C=O) groups is 1. The van der Waals surface area contributed by atoms with E-state index in [1.54, 1.807) is 36.4 Å². The molecule has 2 aromatic heterocycles. The first-order valence-electron chi connectivity index (χ1n) is 9.08. The summed E-state index contributed by atoms with van der Waals surface area (Å²) >= 11 is 0. The number of rotatable bonds is 6. The lowest BCUT2D eigenvalue weighted by atomic mass is 10.2. The van der Waals surface area contributed by atoms with E-state index in [1.165, 1.54) is 35.4 Å². The van der Waals surface area contributed by atoms with Crippen molar-refractivity contribution >= 4 is 22.5 Å². The fourth-order valence-electron chi connectivity index (χ4n) is 2.77. The Morgan fingerprint density at radius 1 is 1.03 bits per heavy atom. The number of hydrogen-bond acceptors (Lipinski definition) is 6. The Hall–Kier alpha value is -4.14. The number of aromatic nitrogens is 4. The first kappa shape index (κ1) is 19.2. The van der Waals surface area contributed by atoms with Gasteiger partial charge in [0.2, 0.25) is 5.91 Å². The number of fused-ring (bicyclic) bond motifs is 1. The smallest absolute Gasteiger partial charge is 0.322 e. The highest BCUT2D eigenvalue weighted by Crippen LogP contribution is 2.21. The Balaban J connectivity index is 1.36. The van der Waals surface area contributed by atoms with Gasteiger partial charge in [0.05, 0.1) is 35.3 Å². The largest absolute Gasteiger partial charge is 0.421 e. The maximum atomic E-state index is 13.6. The summed E-state index contributed by atoms with van der Waals surface area (Å²) in [6.45, 7) is 0.178. The highest BCUT2D eigenvalue weighted by molar-refractivity contribution is 5.90. The minimum absolute atomic E-state index is 0.00345. The van der Waals surface area contributed by atoms with Crippen LogP contribution >= 0.6 is 0 Å². The summed E-state index contributed by atoms with van der Waals surface area (Å²) in [7, 11) is 0. The minimum Gasteiger partial charge on any atom is -0.421 e. The first-order valence-corrected chi connectivity index (χ1v) is 9.08. The van der Waals surface area contributed by atoms with E-state index in [0.717, 1.165) is 0 Å². The predicted octanol–water partition coefficient (Wildman–Crippen LogP) is 3.15. The molecule has 30 heavy (non-hydrogen) atoms. The van der Waals surface area contributed by atoms with Crippen LogP contribution in [0.5, 0.6) is 11.8 Å². The number of halogens is 1. The minimum atomic E-state index is -0.531. The summed E-state index contributed by atoms with van der Waals surface area (Å²) in [6, 6.07) is 12.9. The predicted molar refractivity (Wildman–Crippen MR) is 108 cm³/mol. The van der Waals surface area contributed by atoms with Gasteiger partial charge in [0.15, 0.2) is 11.6 Å². The summed E-state index contributed by atoms with van der Waals surface area (Å²) in [5.41, 5.74) is 0.759.